The molecule has 172 valence electrons. The third-order valence-corrected chi connectivity index (χ3v) is 6.45. The van der Waals surface area contributed by atoms with Crippen LogP contribution in [0.1, 0.15) is 42.5 Å². The van der Waals surface area contributed by atoms with Crippen molar-refractivity contribution < 1.29 is 19.7 Å². The maximum atomic E-state index is 11.8. The van der Waals surface area contributed by atoms with E-state index >= 15 is 0 Å². The molecule has 7 heteroatoms. The number of anilines is 1. The van der Waals surface area contributed by atoms with E-state index in [9.17, 15) is 15.0 Å². The van der Waals surface area contributed by atoms with Crippen molar-refractivity contribution in [1.29, 1.82) is 0 Å². The smallest absolute Gasteiger partial charge is 0.342 e. The number of aromatic nitrogens is 1. The Labute approximate surface area is 189 Å². The number of rotatable bonds is 9. The number of ether oxygens (including phenoxy) is 1. The van der Waals surface area contributed by atoms with Crippen LogP contribution < -0.4 is 5.32 Å². The van der Waals surface area contributed by atoms with Gasteiger partial charge in [-0.2, -0.15) is 0 Å². The highest BCUT2D eigenvalue weighted by atomic mass is 16.5. The quantitative estimate of drug-likeness (QED) is 0.553. The van der Waals surface area contributed by atoms with Gasteiger partial charge in [-0.15, -0.1) is 0 Å². The molecule has 2 aliphatic heterocycles. The van der Waals surface area contributed by atoms with Gasteiger partial charge in [0.25, 0.3) is 0 Å². The average Bonchev–Trinajstić information content (AvgIpc) is 2.83. The number of likely N-dealkylation sites (tertiary alicyclic amines) is 1. The van der Waals surface area contributed by atoms with Gasteiger partial charge < -0.3 is 25.2 Å². The summed E-state index contributed by atoms with van der Waals surface area (Å²) in [4.78, 5) is 18.9. The molecule has 7 nitrogen and oxygen atoms in total. The van der Waals surface area contributed by atoms with Crippen LogP contribution in [0.25, 0.3) is 0 Å². The Kier molecular flexibility index (Phi) is 7.40. The molecule has 0 radical (unpaired) electrons. The lowest BCUT2D eigenvalue weighted by atomic mass is 9.95. The Bertz CT molecular complexity index is 907. The molecule has 2 unspecified atom stereocenters. The lowest BCUT2D eigenvalue weighted by molar-refractivity contribution is -0.171. The molecule has 1 aromatic heterocycles. The molecule has 2 aliphatic rings. The fraction of sp³-hybridized carbons (Fsp3) is 0.520. The first-order valence-corrected chi connectivity index (χ1v) is 11.6. The molecule has 2 atom stereocenters. The highest BCUT2D eigenvalue weighted by molar-refractivity contribution is 5.79. The van der Waals surface area contributed by atoms with Crippen molar-refractivity contribution in [3.63, 3.8) is 0 Å². The molecule has 32 heavy (non-hydrogen) atoms. The number of carbonyl (C=O) groups is 1. The molecule has 0 spiro atoms. The number of piperidine rings is 1. The monoisotopic (exact) mass is 439 g/mol. The first-order chi connectivity index (χ1) is 15.5. The van der Waals surface area contributed by atoms with Crippen LogP contribution in [-0.4, -0.2) is 65.0 Å². The van der Waals surface area contributed by atoms with E-state index in [4.69, 9.17) is 9.72 Å². The van der Waals surface area contributed by atoms with Crippen LogP contribution in [0.3, 0.4) is 0 Å². The Balaban J connectivity index is 1.26. The molecule has 0 amide bonds. The molecule has 0 saturated carbocycles. The molecule has 0 bridgehead atoms. The molecule has 2 aromatic rings. The number of nitrogens with zero attached hydrogens (tertiary/aromatic N) is 2. The van der Waals surface area contributed by atoms with Crippen LogP contribution in [-0.2, 0) is 28.0 Å². The number of nitrogens with one attached hydrogen (secondary N) is 1. The van der Waals surface area contributed by atoms with Crippen LogP contribution in [0.5, 0.6) is 0 Å². The fourth-order valence-corrected chi connectivity index (χ4v) is 4.56. The van der Waals surface area contributed by atoms with Gasteiger partial charge in [0.05, 0.1) is 12.7 Å². The summed E-state index contributed by atoms with van der Waals surface area (Å²) in [6.07, 6.45) is 6.02. The third-order valence-electron chi connectivity index (χ3n) is 6.45. The molecule has 3 heterocycles. The molecule has 3 N–H and O–H groups in total. The standard InChI is InChI=1S/C25H33N3O4/c29-24(30)25(31,20-8-2-1-3-9-20)18-32-22-11-6-16-28(17-22)15-5-10-21-13-12-19-7-4-14-26-23(19)27-21/h1-3,8-9,12-13,22,31H,4-7,10-11,14-18H2,(H,26,27)(H,29,30). The van der Waals surface area contributed by atoms with Crippen molar-refractivity contribution in [2.45, 2.75) is 50.2 Å². The van der Waals surface area contributed by atoms with Crippen LogP contribution in [0.4, 0.5) is 5.82 Å². The number of carboxylic acids is 1. The fourth-order valence-electron chi connectivity index (χ4n) is 4.56. The van der Waals surface area contributed by atoms with Gasteiger partial charge >= 0.3 is 5.97 Å². The Morgan fingerprint density at radius 1 is 1.22 bits per heavy atom. The van der Waals surface area contributed by atoms with Gasteiger partial charge in [-0.25, -0.2) is 9.78 Å². The molecular formula is C25H33N3O4. The molecular weight excluding hydrogens is 406 g/mol. The summed E-state index contributed by atoms with van der Waals surface area (Å²) in [6.45, 7) is 3.47. The van der Waals surface area contributed by atoms with Crippen molar-refractivity contribution in [3.05, 3.63) is 59.3 Å². The lowest BCUT2D eigenvalue weighted by Crippen LogP contribution is -2.45. The van der Waals surface area contributed by atoms with E-state index in [0.717, 1.165) is 69.8 Å². The maximum absolute atomic E-state index is 11.8. The number of hydrogen-bond acceptors (Lipinski definition) is 6. The lowest BCUT2D eigenvalue weighted by Gasteiger charge is -2.34. The number of aryl methyl sites for hydroxylation is 2. The van der Waals surface area contributed by atoms with E-state index in [1.165, 1.54) is 12.0 Å². The molecule has 0 aliphatic carbocycles. The maximum Gasteiger partial charge on any atom is 0.342 e. The van der Waals surface area contributed by atoms with Gasteiger partial charge in [0.15, 0.2) is 0 Å². The van der Waals surface area contributed by atoms with Gasteiger partial charge in [-0.05, 0) is 68.8 Å². The van der Waals surface area contributed by atoms with Crippen LogP contribution in [0, 0.1) is 0 Å². The van der Waals surface area contributed by atoms with Crippen molar-refractivity contribution in [2.75, 3.05) is 38.1 Å². The number of hydrogen-bond donors (Lipinski definition) is 3. The van der Waals surface area contributed by atoms with Crippen molar-refractivity contribution >= 4 is 11.8 Å². The minimum Gasteiger partial charge on any atom is -0.479 e. The molecule has 1 fully saturated rings. The normalized spacial score (nSPS) is 20.7. The topological polar surface area (TPSA) is 94.9 Å². The first kappa shape index (κ1) is 22.7. The zero-order valence-corrected chi connectivity index (χ0v) is 18.5. The predicted molar refractivity (Wildman–Crippen MR) is 123 cm³/mol. The predicted octanol–water partition coefficient (Wildman–Crippen LogP) is 2.83. The largest absolute Gasteiger partial charge is 0.479 e. The van der Waals surface area contributed by atoms with Gasteiger partial charge in [-0.1, -0.05) is 36.4 Å². The van der Waals surface area contributed by atoms with E-state index in [1.54, 1.807) is 30.3 Å². The minimum absolute atomic E-state index is 0.0793. The summed E-state index contributed by atoms with van der Waals surface area (Å²) >= 11 is 0. The van der Waals surface area contributed by atoms with Crippen molar-refractivity contribution in [2.24, 2.45) is 0 Å². The van der Waals surface area contributed by atoms with Crippen molar-refractivity contribution in [3.8, 4) is 0 Å². The van der Waals surface area contributed by atoms with E-state index in [2.05, 4.69) is 22.3 Å². The Hall–Kier alpha value is -2.48. The third kappa shape index (κ3) is 5.46. The number of fused-ring (bicyclic) bond motifs is 1. The minimum atomic E-state index is -2.03. The molecule has 4 rings (SSSR count). The van der Waals surface area contributed by atoms with Crippen LogP contribution >= 0.6 is 0 Å². The number of pyridine rings is 1. The van der Waals surface area contributed by atoms with E-state index in [1.807, 2.05) is 0 Å². The Morgan fingerprint density at radius 2 is 2.06 bits per heavy atom. The first-order valence-electron chi connectivity index (χ1n) is 11.6. The van der Waals surface area contributed by atoms with E-state index in [-0.39, 0.29) is 12.7 Å². The van der Waals surface area contributed by atoms with Crippen molar-refractivity contribution in [1.82, 2.24) is 9.88 Å². The zero-order chi connectivity index (χ0) is 22.4. The number of benzene rings is 1. The summed E-state index contributed by atoms with van der Waals surface area (Å²) in [5.74, 6) is -0.243. The second kappa shape index (κ2) is 10.4. The average molecular weight is 440 g/mol. The number of aliphatic hydroxyl groups is 1. The van der Waals surface area contributed by atoms with Crippen LogP contribution in [0.15, 0.2) is 42.5 Å². The van der Waals surface area contributed by atoms with E-state index < -0.39 is 11.6 Å². The summed E-state index contributed by atoms with van der Waals surface area (Å²) in [5, 5.41) is 23.8. The summed E-state index contributed by atoms with van der Waals surface area (Å²) in [5.41, 5.74) is 0.743. The summed E-state index contributed by atoms with van der Waals surface area (Å²) in [6, 6.07) is 12.8. The van der Waals surface area contributed by atoms with Gasteiger partial charge in [-0.3, -0.25) is 0 Å². The second-order valence-electron chi connectivity index (χ2n) is 8.85. The number of aliphatic carboxylic acids is 1. The van der Waals surface area contributed by atoms with Gasteiger partial charge in [0.1, 0.15) is 5.82 Å². The highest BCUT2D eigenvalue weighted by Crippen LogP contribution is 2.24. The van der Waals surface area contributed by atoms with Gasteiger partial charge in [0.2, 0.25) is 5.60 Å². The Morgan fingerprint density at radius 3 is 2.88 bits per heavy atom. The molecule has 1 aromatic carbocycles. The summed E-state index contributed by atoms with van der Waals surface area (Å²) < 4.78 is 5.93. The molecule has 1 saturated heterocycles. The van der Waals surface area contributed by atoms with Gasteiger partial charge in [0, 0.05) is 18.8 Å². The van der Waals surface area contributed by atoms with E-state index in [0.29, 0.717) is 5.56 Å². The summed E-state index contributed by atoms with van der Waals surface area (Å²) in [7, 11) is 0. The number of carboxylic acid groups (broad SMARTS) is 1. The SMILES string of the molecule is O=C(O)C(O)(COC1CCCN(CCCc2ccc3c(n2)NCCC3)C1)c1ccccc1. The highest BCUT2D eigenvalue weighted by Gasteiger charge is 2.39. The zero-order valence-electron chi connectivity index (χ0n) is 18.5. The second-order valence-corrected chi connectivity index (χ2v) is 8.85. The van der Waals surface area contributed by atoms with Crippen LogP contribution in [0.2, 0.25) is 0 Å².